The molecule has 2 N–H and O–H groups in total. The van der Waals surface area contributed by atoms with E-state index in [0.29, 0.717) is 5.75 Å². The third-order valence-corrected chi connectivity index (χ3v) is 2.22. The monoisotopic (exact) mass is 240 g/mol. The minimum absolute atomic E-state index is 0.0858. The van der Waals surface area contributed by atoms with Gasteiger partial charge in [-0.1, -0.05) is 0 Å². The zero-order valence-electron chi connectivity index (χ0n) is 9.38. The molecular formula is C10H12N2O5. The number of nitro benzene ring substituents is 1. The van der Waals surface area contributed by atoms with Gasteiger partial charge in [0.15, 0.2) is 0 Å². The molecule has 1 unspecified atom stereocenters. The van der Waals surface area contributed by atoms with E-state index in [1.165, 1.54) is 25.3 Å². The Balaban J connectivity index is 3.23. The summed E-state index contributed by atoms with van der Waals surface area (Å²) in [5, 5.41) is 10.8. The molecular weight excluding hydrogens is 228 g/mol. The summed E-state index contributed by atoms with van der Waals surface area (Å²) in [6, 6.07) is 2.88. The van der Waals surface area contributed by atoms with E-state index < -0.39 is 16.9 Å². The summed E-state index contributed by atoms with van der Waals surface area (Å²) in [5.41, 5.74) is 5.37. The third kappa shape index (κ3) is 2.70. The minimum atomic E-state index is -1.19. The van der Waals surface area contributed by atoms with Crippen LogP contribution in [-0.2, 0) is 9.53 Å². The van der Waals surface area contributed by atoms with Crippen LogP contribution in [0.2, 0.25) is 0 Å². The lowest BCUT2D eigenvalue weighted by Crippen LogP contribution is -2.23. The molecule has 0 aromatic heterocycles. The van der Waals surface area contributed by atoms with Crippen LogP contribution in [0.4, 0.5) is 5.69 Å². The van der Waals surface area contributed by atoms with Crippen LogP contribution >= 0.6 is 0 Å². The molecule has 0 radical (unpaired) electrons. The molecule has 0 spiro atoms. The lowest BCUT2D eigenvalue weighted by atomic mass is 10.1. The number of carbonyl (C=O) groups is 1. The first-order chi connectivity index (χ1) is 8.01. The van der Waals surface area contributed by atoms with Gasteiger partial charge in [0.05, 0.1) is 30.8 Å². The van der Waals surface area contributed by atoms with E-state index >= 15 is 0 Å². The smallest absolute Gasteiger partial charge is 0.327 e. The van der Waals surface area contributed by atoms with Crippen LogP contribution < -0.4 is 10.5 Å². The zero-order valence-corrected chi connectivity index (χ0v) is 9.38. The van der Waals surface area contributed by atoms with Crippen LogP contribution in [0.15, 0.2) is 18.2 Å². The molecule has 0 heterocycles. The molecule has 17 heavy (non-hydrogen) atoms. The fraction of sp³-hybridized carbons (Fsp3) is 0.300. The number of hydrogen-bond acceptors (Lipinski definition) is 6. The van der Waals surface area contributed by atoms with E-state index in [2.05, 4.69) is 4.74 Å². The number of nitrogens with zero attached hydrogens (tertiary/aromatic N) is 1. The van der Waals surface area contributed by atoms with Crippen molar-refractivity contribution < 1.29 is 19.2 Å². The summed E-state index contributed by atoms with van der Waals surface area (Å²) < 4.78 is 9.31. The van der Waals surface area contributed by atoms with Gasteiger partial charge >= 0.3 is 5.97 Å². The highest BCUT2D eigenvalue weighted by molar-refractivity contribution is 5.79. The number of benzene rings is 1. The van der Waals surface area contributed by atoms with Gasteiger partial charge in [0.2, 0.25) is 0 Å². The predicted molar refractivity (Wildman–Crippen MR) is 58.6 cm³/mol. The Morgan fingerprint density at radius 2 is 2.12 bits per heavy atom. The van der Waals surface area contributed by atoms with Crippen LogP contribution in [0, 0.1) is 10.1 Å². The van der Waals surface area contributed by atoms with Crippen molar-refractivity contribution in [2.45, 2.75) is 6.04 Å². The maximum absolute atomic E-state index is 11.2. The molecule has 0 aliphatic heterocycles. The molecule has 0 saturated heterocycles. The summed E-state index contributed by atoms with van der Waals surface area (Å²) in [6.07, 6.45) is 0. The van der Waals surface area contributed by atoms with E-state index in [1.54, 1.807) is 0 Å². The molecule has 0 bridgehead atoms. The van der Waals surface area contributed by atoms with E-state index in [0.717, 1.165) is 7.11 Å². The molecule has 1 atom stereocenters. The quantitative estimate of drug-likeness (QED) is 0.473. The molecule has 0 aliphatic rings. The number of hydrogen-bond donors (Lipinski definition) is 1. The van der Waals surface area contributed by atoms with Crippen molar-refractivity contribution in [3.8, 4) is 5.75 Å². The lowest BCUT2D eigenvalue weighted by molar-refractivity contribution is -0.385. The summed E-state index contributed by atoms with van der Waals surface area (Å²) >= 11 is 0. The first kappa shape index (κ1) is 12.9. The molecule has 0 fully saturated rings. The van der Waals surface area contributed by atoms with Gasteiger partial charge in [0.25, 0.3) is 5.69 Å². The van der Waals surface area contributed by atoms with E-state index in [1.807, 2.05) is 0 Å². The second-order valence-electron chi connectivity index (χ2n) is 3.18. The number of methoxy groups -OCH3 is 2. The van der Waals surface area contributed by atoms with Crippen molar-refractivity contribution in [3.63, 3.8) is 0 Å². The van der Waals surface area contributed by atoms with Crippen LogP contribution in [0.5, 0.6) is 5.75 Å². The Labute approximate surface area is 97.3 Å². The SMILES string of the molecule is COC(=O)C(N)c1ccc(OC)cc1[N+](=O)[O-]. The number of nitro groups is 1. The molecule has 0 aliphatic carbocycles. The van der Waals surface area contributed by atoms with Gasteiger partial charge in [-0.25, -0.2) is 4.79 Å². The highest BCUT2D eigenvalue weighted by Gasteiger charge is 2.25. The van der Waals surface area contributed by atoms with E-state index in [-0.39, 0.29) is 11.3 Å². The molecule has 1 rings (SSSR count). The maximum Gasteiger partial charge on any atom is 0.327 e. The molecule has 0 amide bonds. The summed E-state index contributed by atoms with van der Waals surface area (Å²) in [6.45, 7) is 0. The topological polar surface area (TPSA) is 105 Å². The Morgan fingerprint density at radius 3 is 2.59 bits per heavy atom. The first-order valence-electron chi connectivity index (χ1n) is 4.67. The van der Waals surface area contributed by atoms with E-state index in [9.17, 15) is 14.9 Å². The Hall–Kier alpha value is -2.15. The van der Waals surface area contributed by atoms with Crippen molar-refractivity contribution in [2.24, 2.45) is 5.73 Å². The normalized spacial score (nSPS) is 11.7. The average Bonchev–Trinajstić information content (AvgIpc) is 2.35. The summed E-state index contributed by atoms with van der Waals surface area (Å²) in [4.78, 5) is 21.5. The van der Waals surface area contributed by atoms with Gasteiger partial charge in [-0.15, -0.1) is 0 Å². The molecule has 0 saturated carbocycles. The van der Waals surface area contributed by atoms with Crippen LogP contribution in [0.1, 0.15) is 11.6 Å². The van der Waals surface area contributed by atoms with Gasteiger partial charge in [-0.3, -0.25) is 10.1 Å². The van der Waals surface area contributed by atoms with Crippen molar-refractivity contribution >= 4 is 11.7 Å². The van der Waals surface area contributed by atoms with Gasteiger partial charge < -0.3 is 15.2 Å². The number of nitrogens with two attached hydrogens (primary N) is 1. The third-order valence-electron chi connectivity index (χ3n) is 2.22. The van der Waals surface area contributed by atoms with E-state index in [4.69, 9.17) is 10.5 Å². The van der Waals surface area contributed by atoms with Gasteiger partial charge in [0, 0.05) is 0 Å². The second-order valence-corrected chi connectivity index (χ2v) is 3.18. The number of carbonyl (C=O) groups excluding carboxylic acids is 1. The predicted octanol–water partition coefficient (Wildman–Crippen LogP) is 0.776. The van der Waals surface area contributed by atoms with Gasteiger partial charge in [-0.05, 0) is 12.1 Å². The lowest BCUT2D eigenvalue weighted by Gasteiger charge is -2.10. The van der Waals surface area contributed by atoms with Crippen LogP contribution in [-0.4, -0.2) is 25.1 Å². The molecule has 1 aromatic rings. The molecule has 1 aromatic carbocycles. The first-order valence-corrected chi connectivity index (χ1v) is 4.67. The summed E-state index contributed by atoms with van der Waals surface area (Å²) in [5.74, 6) is -0.421. The molecule has 92 valence electrons. The van der Waals surface area contributed by atoms with Crippen LogP contribution in [0.25, 0.3) is 0 Å². The zero-order chi connectivity index (χ0) is 13.0. The number of esters is 1. The summed E-state index contributed by atoms with van der Waals surface area (Å²) in [7, 11) is 2.55. The number of ether oxygens (including phenoxy) is 2. The fourth-order valence-corrected chi connectivity index (χ4v) is 1.33. The van der Waals surface area contributed by atoms with Gasteiger partial charge in [0.1, 0.15) is 11.8 Å². The van der Waals surface area contributed by atoms with Crippen LogP contribution in [0.3, 0.4) is 0 Å². The average molecular weight is 240 g/mol. The van der Waals surface area contributed by atoms with Crippen molar-refractivity contribution in [3.05, 3.63) is 33.9 Å². The number of rotatable bonds is 4. The van der Waals surface area contributed by atoms with Gasteiger partial charge in [-0.2, -0.15) is 0 Å². The molecule has 7 nitrogen and oxygen atoms in total. The fourth-order valence-electron chi connectivity index (χ4n) is 1.33. The van der Waals surface area contributed by atoms with Crippen molar-refractivity contribution in [2.75, 3.05) is 14.2 Å². The Morgan fingerprint density at radius 1 is 1.47 bits per heavy atom. The standard InChI is InChI=1S/C10H12N2O5/c1-16-6-3-4-7(8(5-6)12(14)15)9(11)10(13)17-2/h3-5,9H,11H2,1-2H3. The maximum atomic E-state index is 11.2. The second kappa shape index (κ2) is 5.26. The molecule has 7 heteroatoms. The van der Waals surface area contributed by atoms with Crippen molar-refractivity contribution in [1.82, 2.24) is 0 Å². The Kier molecular flexibility index (Phi) is 4.00. The largest absolute Gasteiger partial charge is 0.497 e. The highest BCUT2D eigenvalue weighted by Crippen LogP contribution is 2.28. The minimum Gasteiger partial charge on any atom is -0.497 e. The highest BCUT2D eigenvalue weighted by atomic mass is 16.6. The van der Waals surface area contributed by atoms with Crippen molar-refractivity contribution in [1.29, 1.82) is 0 Å². The Bertz CT molecular complexity index is 446.